The van der Waals surface area contributed by atoms with Crippen LogP contribution in [0.4, 0.5) is 5.69 Å². The highest BCUT2D eigenvalue weighted by Crippen LogP contribution is 2.20. The van der Waals surface area contributed by atoms with Crippen LogP contribution in [0.15, 0.2) is 48.5 Å². The topological polar surface area (TPSA) is 72.5 Å². The predicted molar refractivity (Wildman–Crippen MR) is 90.1 cm³/mol. The van der Waals surface area contributed by atoms with Gasteiger partial charge < -0.3 is 4.74 Å². The van der Waals surface area contributed by atoms with Crippen LogP contribution in [0.3, 0.4) is 0 Å². The molecular weight excluding hydrogens is 338 g/mol. The lowest BCUT2D eigenvalue weighted by molar-refractivity contribution is 0.0527. The lowest BCUT2D eigenvalue weighted by atomic mass is 10.2. The van der Waals surface area contributed by atoms with E-state index < -0.39 is 16.0 Å². The lowest BCUT2D eigenvalue weighted by Crippen LogP contribution is -2.18. The Kier molecular flexibility index (Phi) is 5.63. The first-order valence-corrected chi connectivity index (χ1v) is 8.95. The van der Waals surface area contributed by atoms with Crippen LogP contribution in [-0.4, -0.2) is 21.0 Å². The summed E-state index contributed by atoms with van der Waals surface area (Å²) >= 11 is 5.78. The molecule has 5 nitrogen and oxygen atoms in total. The first-order chi connectivity index (χ1) is 10.9. The minimum absolute atomic E-state index is 0.175. The van der Waals surface area contributed by atoms with Gasteiger partial charge >= 0.3 is 5.97 Å². The van der Waals surface area contributed by atoms with Gasteiger partial charge in [-0.15, -0.1) is 0 Å². The summed E-state index contributed by atoms with van der Waals surface area (Å²) in [6.07, 6.45) is 0. The van der Waals surface area contributed by atoms with Crippen molar-refractivity contribution in [3.05, 3.63) is 64.7 Å². The molecule has 0 aliphatic rings. The fraction of sp³-hybridized carbons (Fsp3) is 0.188. The maximum atomic E-state index is 12.3. The maximum absolute atomic E-state index is 12.3. The van der Waals surface area contributed by atoms with Crippen molar-refractivity contribution < 1.29 is 17.9 Å². The fourth-order valence-corrected chi connectivity index (χ4v) is 3.31. The maximum Gasteiger partial charge on any atom is 0.340 e. The Morgan fingerprint density at radius 2 is 1.78 bits per heavy atom. The van der Waals surface area contributed by atoms with Gasteiger partial charge in [0.05, 0.1) is 23.6 Å². The largest absolute Gasteiger partial charge is 0.462 e. The molecule has 0 saturated heterocycles. The summed E-state index contributed by atoms with van der Waals surface area (Å²) in [6, 6.07) is 12.8. The van der Waals surface area contributed by atoms with Crippen LogP contribution in [-0.2, 0) is 20.5 Å². The summed E-state index contributed by atoms with van der Waals surface area (Å²) in [4.78, 5) is 11.9. The molecule has 2 rings (SSSR count). The highest BCUT2D eigenvalue weighted by atomic mass is 35.5. The van der Waals surface area contributed by atoms with Crippen molar-refractivity contribution in [2.75, 3.05) is 11.3 Å². The van der Waals surface area contributed by atoms with Gasteiger partial charge in [-0.05, 0) is 36.8 Å². The normalized spacial score (nSPS) is 11.0. The summed E-state index contributed by atoms with van der Waals surface area (Å²) < 4.78 is 31.9. The molecule has 2 aromatic rings. The van der Waals surface area contributed by atoms with Crippen molar-refractivity contribution in [3.8, 4) is 0 Å². The van der Waals surface area contributed by atoms with Gasteiger partial charge in [0.1, 0.15) is 0 Å². The molecule has 0 heterocycles. The number of carbonyl (C=O) groups excluding carboxylic acids is 1. The van der Waals surface area contributed by atoms with Crippen molar-refractivity contribution in [1.29, 1.82) is 0 Å². The van der Waals surface area contributed by atoms with Gasteiger partial charge in [-0.25, -0.2) is 13.2 Å². The second-order valence-corrected chi connectivity index (χ2v) is 6.91. The Hall–Kier alpha value is -2.05. The Morgan fingerprint density at radius 1 is 1.13 bits per heavy atom. The van der Waals surface area contributed by atoms with Crippen molar-refractivity contribution in [1.82, 2.24) is 0 Å². The van der Waals surface area contributed by atoms with E-state index in [2.05, 4.69) is 4.72 Å². The summed E-state index contributed by atoms with van der Waals surface area (Å²) in [5.41, 5.74) is 0.962. The molecule has 7 heteroatoms. The van der Waals surface area contributed by atoms with Crippen molar-refractivity contribution in [2.45, 2.75) is 12.7 Å². The SMILES string of the molecule is CCOC(=O)c1ccccc1NS(=O)(=O)Cc1ccc(Cl)cc1. The number of esters is 1. The summed E-state index contributed by atoms with van der Waals surface area (Å²) in [5, 5.41) is 0.534. The van der Waals surface area contributed by atoms with Crippen LogP contribution in [0.1, 0.15) is 22.8 Å². The molecular formula is C16H16ClNO4S. The van der Waals surface area contributed by atoms with E-state index in [1.54, 1.807) is 43.3 Å². The fourth-order valence-electron chi connectivity index (χ4n) is 1.96. The average molecular weight is 354 g/mol. The van der Waals surface area contributed by atoms with E-state index in [0.29, 0.717) is 10.6 Å². The monoisotopic (exact) mass is 353 g/mol. The van der Waals surface area contributed by atoms with E-state index in [1.807, 2.05) is 0 Å². The number of nitrogens with one attached hydrogen (secondary N) is 1. The number of benzene rings is 2. The molecule has 0 radical (unpaired) electrons. The van der Waals surface area contributed by atoms with Gasteiger partial charge in [0.15, 0.2) is 0 Å². The molecule has 0 saturated carbocycles. The molecule has 0 bridgehead atoms. The molecule has 0 aromatic heterocycles. The molecule has 2 aromatic carbocycles. The van der Waals surface area contributed by atoms with E-state index in [-0.39, 0.29) is 23.6 Å². The molecule has 1 N–H and O–H groups in total. The zero-order chi connectivity index (χ0) is 16.9. The number of anilines is 1. The summed E-state index contributed by atoms with van der Waals surface area (Å²) in [7, 11) is -3.67. The third-order valence-corrected chi connectivity index (χ3v) is 4.45. The van der Waals surface area contributed by atoms with Crippen LogP contribution in [0.2, 0.25) is 5.02 Å². The van der Waals surface area contributed by atoms with Gasteiger partial charge in [0, 0.05) is 5.02 Å². The van der Waals surface area contributed by atoms with Crippen LogP contribution in [0, 0.1) is 0 Å². The van der Waals surface area contributed by atoms with E-state index in [4.69, 9.17) is 16.3 Å². The summed E-state index contributed by atoms with van der Waals surface area (Å²) in [6.45, 7) is 1.90. The molecule has 0 atom stereocenters. The van der Waals surface area contributed by atoms with E-state index >= 15 is 0 Å². The van der Waals surface area contributed by atoms with Crippen LogP contribution >= 0.6 is 11.6 Å². The number of halogens is 1. The Bertz CT molecular complexity index is 788. The standard InChI is InChI=1S/C16H16ClNO4S/c1-2-22-16(19)14-5-3-4-6-15(14)18-23(20,21)11-12-7-9-13(17)10-8-12/h3-10,18H,2,11H2,1H3. The molecule has 0 fully saturated rings. The van der Waals surface area contributed by atoms with Gasteiger partial charge in [-0.2, -0.15) is 0 Å². The van der Waals surface area contributed by atoms with E-state index in [0.717, 1.165) is 0 Å². The highest BCUT2D eigenvalue weighted by molar-refractivity contribution is 7.91. The first-order valence-electron chi connectivity index (χ1n) is 6.92. The van der Waals surface area contributed by atoms with Gasteiger partial charge in [0.2, 0.25) is 10.0 Å². The number of ether oxygens (including phenoxy) is 1. The number of para-hydroxylation sites is 1. The van der Waals surface area contributed by atoms with Gasteiger partial charge in [-0.1, -0.05) is 35.9 Å². The molecule has 0 amide bonds. The zero-order valence-corrected chi connectivity index (χ0v) is 14.0. The predicted octanol–water partition coefficient (Wildman–Crippen LogP) is 3.46. The van der Waals surface area contributed by atoms with E-state index in [1.165, 1.54) is 12.1 Å². The third kappa shape index (κ3) is 4.97. The minimum atomic E-state index is -3.67. The minimum Gasteiger partial charge on any atom is -0.462 e. The average Bonchev–Trinajstić information content (AvgIpc) is 2.50. The smallest absolute Gasteiger partial charge is 0.340 e. The third-order valence-electron chi connectivity index (χ3n) is 2.96. The molecule has 0 aliphatic carbocycles. The Morgan fingerprint density at radius 3 is 2.43 bits per heavy atom. The molecule has 23 heavy (non-hydrogen) atoms. The van der Waals surface area contributed by atoms with Crippen molar-refractivity contribution >= 4 is 33.3 Å². The molecule has 122 valence electrons. The van der Waals surface area contributed by atoms with Crippen LogP contribution < -0.4 is 4.72 Å². The lowest BCUT2D eigenvalue weighted by Gasteiger charge is -2.12. The molecule has 0 aliphatic heterocycles. The van der Waals surface area contributed by atoms with Gasteiger partial charge in [-0.3, -0.25) is 4.72 Å². The van der Waals surface area contributed by atoms with Crippen molar-refractivity contribution in [2.24, 2.45) is 0 Å². The Balaban J connectivity index is 2.20. The quantitative estimate of drug-likeness (QED) is 0.807. The highest BCUT2D eigenvalue weighted by Gasteiger charge is 2.17. The Labute approximate surface area is 140 Å². The number of hydrogen-bond donors (Lipinski definition) is 1. The van der Waals surface area contributed by atoms with Gasteiger partial charge in [0.25, 0.3) is 0 Å². The van der Waals surface area contributed by atoms with E-state index in [9.17, 15) is 13.2 Å². The van der Waals surface area contributed by atoms with Crippen LogP contribution in [0.5, 0.6) is 0 Å². The second kappa shape index (κ2) is 7.48. The first kappa shape index (κ1) is 17.3. The number of carbonyl (C=O) groups is 1. The summed E-state index contributed by atoms with van der Waals surface area (Å²) in [5.74, 6) is -0.793. The zero-order valence-electron chi connectivity index (χ0n) is 12.5. The number of sulfonamides is 1. The number of hydrogen-bond acceptors (Lipinski definition) is 4. The number of rotatable bonds is 6. The molecule has 0 spiro atoms. The van der Waals surface area contributed by atoms with Crippen molar-refractivity contribution in [3.63, 3.8) is 0 Å². The molecule has 0 unspecified atom stereocenters. The van der Waals surface area contributed by atoms with Crippen LogP contribution in [0.25, 0.3) is 0 Å². The second-order valence-electron chi connectivity index (χ2n) is 4.75.